The molecule has 0 bridgehead atoms. The van der Waals surface area contributed by atoms with E-state index in [1.54, 1.807) is 14.2 Å². The summed E-state index contributed by atoms with van der Waals surface area (Å²) >= 11 is 7.36. The Morgan fingerprint density at radius 3 is 2.78 bits per heavy atom. The molecule has 194 valence electrons. The molecule has 0 unspecified atom stereocenters. The van der Waals surface area contributed by atoms with Gasteiger partial charge in [0, 0.05) is 28.9 Å². The molecule has 0 radical (unpaired) electrons. The molecule has 1 aliphatic heterocycles. The highest BCUT2D eigenvalue weighted by Crippen LogP contribution is 2.46. The number of ether oxygens (including phenoxy) is 3. The summed E-state index contributed by atoms with van der Waals surface area (Å²) in [5, 5.41) is 12.6. The van der Waals surface area contributed by atoms with Crippen LogP contribution in [0.15, 0.2) is 64.9 Å². The lowest BCUT2D eigenvalue weighted by Gasteiger charge is -2.25. The fraction of sp³-hybridized carbons (Fsp3) is 0.280. The second-order valence-electron chi connectivity index (χ2n) is 7.96. The zero-order chi connectivity index (χ0) is 26.4. The van der Waals surface area contributed by atoms with E-state index < -0.39 is 18.2 Å². The number of thioether (sulfide) groups is 1. The topological polar surface area (TPSA) is 129 Å². The number of halogens is 1. The Hall–Kier alpha value is -3.54. The molecule has 1 aromatic heterocycles. The first-order valence-corrected chi connectivity index (χ1v) is 12.7. The molecule has 0 saturated carbocycles. The third-order valence-electron chi connectivity index (χ3n) is 5.78. The van der Waals surface area contributed by atoms with Gasteiger partial charge < -0.3 is 34.8 Å². The van der Waals surface area contributed by atoms with Gasteiger partial charge in [-0.2, -0.15) is 0 Å². The van der Waals surface area contributed by atoms with Gasteiger partial charge in [0.2, 0.25) is 0 Å². The van der Waals surface area contributed by atoms with Crippen LogP contribution in [0.1, 0.15) is 35.4 Å². The van der Waals surface area contributed by atoms with Crippen LogP contribution < -0.4 is 14.9 Å². The van der Waals surface area contributed by atoms with Gasteiger partial charge in [0.15, 0.2) is 11.5 Å². The summed E-state index contributed by atoms with van der Waals surface area (Å²) in [6.45, 7) is 0.277. The molecule has 2 heterocycles. The van der Waals surface area contributed by atoms with Crippen LogP contribution in [0.2, 0.25) is 5.02 Å². The van der Waals surface area contributed by atoms with Crippen LogP contribution >= 0.6 is 23.4 Å². The van der Waals surface area contributed by atoms with Crippen molar-refractivity contribution in [3.05, 3.63) is 82.1 Å². The minimum Gasteiger partial charge on any atom is -0.493 e. The number of carboxylic acids is 1. The Balaban J connectivity index is 1.73. The predicted molar refractivity (Wildman–Crippen MR) is 142 cm³/mol. The van der Waals surface area contributed by atoms with E-state index in [2.05, 4.69) is 20.2 Å². The number of aliphatic imine (C=N–C) groups is 1. The van der Waals surface area contributed by atoms with E-state index in [0.717, 1.165) is 34.3 Å². The third kappa shape index (κ3) is 5.90. The molecule has 2 aromatic carbocycles. The largest absolute Gasteiger partial charge is 0.493 e. The number of carboxylic acid groups (broad SMARTS) is 1. The monoisotopic (exact) mass is 542 g/mol. The van der Waals surface area contributed by atoms with Gasteiger partial charge in [-0.1, -0.05) is 35.5 Å². The van der Waals surface area contributed by atoms with Gasteiger partial charge in [0.25, 0.3) is 0 Å². The zero-order valence-electron chi connectivity index (χ0n) is 20.1. The predicted octanol–water partition coefficient (Wildman–Crippen LogP) is 5.40. The molecular formula is C25H25ClN5O5S-. The standard InChI is InChI=1S/C25H25ClN5O5S/c1-34-21-7-3-5-16(24(21)35-2)23-17-13-15(26)8-9-18(17)31-12-4-6-19(31)20(36-23)10-11-28-25(29-30-27)37-14-22(32)33/h3-9,12-13,20,23H,10-11,14H2,1-2H3,(H2-,27,28,29,32,33)/q-1/t20-,23-/m1/s1. The van der Waals surface area contributed by atoms with E-state index in [1.807, 2.05) is 54.7 Å². The van der Waals surface area contributed by atoms with Crippen LogP contribution in [0, 0.1) is 0 Å². The number of rotatable bonds is 9. The van der Waals surface area contributed by atoms with Gasteiger partial charge in [-0.05, 0) is 42.8 Å². The molecule has 12 heteroatoms. The number of aliphatic carboxylic acids is 1. The van der Waals surface area contributed by atoms with Crippen molar-refractivity contribution >= 4 is 34.5 Å². The SMILES string of the molecule is COc1cccc([C@H]2O[C@H](CCN=C(NN=[N-])SCC(=O)O)c3cccn3-c3ccc(Cl)cc32)c1OC. The maximum absolute atomic E-state index is 10.9. The fourth-order valence-electron chi connectivity index (χ4n) is 4.28. The quantitative estimate of drug-likeness (QED) is 0.160. The third-order valence-corrected chi connectivity index (χ3v) is 6.90. The van der Waals surface area contributed by atoms with Crippen molar-refractivity contribution in [1.82, 2.24) is 9.99 Å². The van der Waals surface area contributed by atoms with Gasteiger partial charge in [0.05, 0.1) is 36.5 Å². The average molecular weight is 543 g/mol. The molecule has 3 aromatic rings. The lowest BCUT2D eigenvalue weighted by atomic mass is 9.98. The number of para-hydroxylation sites is 1. The molecule has 0 fully saturated rings. The van der Waals surface area contributed by atoms with Gasteiger partial charge in [-0.3, -0.25) is 15.0 Å². The first-order valence-electron chi connectivity index (χ1n) is 11.3. The van der Waals surface area contributed by atoms with Crippen LogP contribution in [-0.2, 0) is 9.53 Å². The maximum atomic E-state index is 10.9. The van der Waals surface area contributed by atoms with Gasteiger partial charge >= 0.3 is 5.97 Å². The minimum atomic E-state index is -1.01. The number of hydrogen-bond acceptors (Lipinski definition) is 7. The van der Waals surface area contributed by atoms with Crippen molar-refractivity contribution in [1.29, 1.82) is 0 Å². The number of nitrogens with zero attached hydrogens (tertiary/aromatic N) is 4. The van der Waals surface area contributed by atoms with E-state index in [4.69, 9.17) is 36.4 Å². The number of aromatic nitrogens is 1. The molecule has 1 aliphatic rings. The Bertz CT molecular complexity index is 1310. The number of amidine groups is 1. The highest BCUT2D eigenvalue weighted by molar-refractivity contribution is 8.14. The fourth-order valence-corrected chi connectivity index (χ4v) is 5.01. The second-order valence-corrected chi connectivity index (χ2v) is 9.36. The summed E-state index contributed by atoms with van der Waals surface area (Å²) in [6.07, 6.45) is 1.48. The van der Waals surface area contributed by atoms with Crippen LogP contribution in [0.4, 0.5) is 0 Å². The summed E-state index contributed by atoms with van der Waals surface area (Å²) in [6, 6.07) is 15.2. The summed E-state index contributed by atoms with van der Waals surface area (Å²) in [5.74, 6) is -0.0897. The van der Waals surface area contributed by atoms with Crippen molar-refractivity contribution in [3.8, 4) is 17.2 Å². The van der Waals surface area contributed by atoms with Crippen molar-refractivity contribution in [2.24, 2.45) is 10.2 Å². The number of methoxy groups -OCH3 is 2. The highest BCUT2D eigenvalue weighted by Gasteiger charge is 2.32. The lowest BCUT2D eigenvalue weighted by molar-refractivity contribution is -0.133. The molecule has 0 saturated heterocycles. The summed E-state index contributed by atoms with van der Waals surface area (Å²) < 4.78 is 20.1. The maximum Gasteiger partial charge on any atom is 0.313 e. The average Bonchev–Trinajstić information content (AvgIpc) is 3.34. The Labute approximate surface area is 223 Å². The van der Waals surface area contributed by atoms with Gasteiger partial charge in [-0.15, -0.1) is 0 Å². The second kappa shape index (κ2) is 12.1. The van der Waals surface area contributed by atoms with Gasteiger partial charge in [-0.25, -0.2) is 0 Å². The Morgan fingerprint density at radius 2 is 2.05 bits per heavy atom. The number of carbonyl (C=O) groups is 1. The smallest absolute Gasteiger partial charge is 0.313 e. The normalized spacial score (nSPS) is 16.8. The zero-order valence-corrected chi connectivity index (χ0v) is 21.7. The van der Waals surface area contributed by atoms with Crippen molar-refractivity contribution in [2.75, 3.05) is 26.5 Å². The van der Waals surface area contributed by atoms with Crippen LogP contribution in [0.3, 0.4) is 0 Å². The summed E-state index contributed by atoms with van der Waals surface area (Å²) in [4.78, 5) is 15.3. The summed E-state index contributed by atoms with van der Waals surface area (Å²) in [7, 11) is 3.17. The van der Waals surface area contributed by atoms with Crippen LogP contribution in [0.25, 0.3) is 11.2 Å². The molecule has 0 amide bonds. The molecule has 0 aliphatic carbocycles. The minimum absolute atomic E-state index is 0.190. The lowest BCUT2D eigenvalue weighted by Crippen LogP contribution is -2.17. The molecule has 0 spiro atoms. The van der Waals surface area contributed by atoms with E-state index in [9.17, 15) is 4.79 Å². The van der Waals surface area contributed by atoms with Crippen molar-refractivity contribution in [3.63, 3.8) is 0 Å². The van der Waals surface area contributed by atoms with Crippen molar-refractivity contribution in [2.45, 2.75) is 18.6 Å². The number of nitrogens with one attached hydrogen (secondary N) is 1. The molecular weight excluding hydrogens is 518 g/mol. The van der Waals surface area contributed by atoms with E-state index >= 15 is 0 Å². The number of benzene rings is 2. The molecule has 2 N–H and O–H groups in total. The molecule has 37 heavy (non-hydrogen) atoms. The Morgan fingerprint density at radius 1 is 1.22 bits per heavy atom. The molecule has 10 nitrogen and oxygen atoms in total. The highest BCUT2D eigenvalue weighted by atomic mass is 35.5. The van der Waals surface area contributed by atoms with E-state index in [1.165, 1.54) is 0 Å². The number of hydrogen-bond donors (Lipinski definition) is 2. The number of fused-ring (bicyclic) bond motifs is 3. The Kier molecular flexibility index (Phi) is 8.70. The van der Waals surface area contributed by atoms with Crippen LogP contribution in [0.5, 0.6) is 11.5 Å². The summed E-state index contributed by atoms with van der Waals surface area (Å²) in [5.41, 5.74) is 14.7. The molecule has 2 atom stereocenters. The van der Waals surface area contributed by atoms with Crippen molar-refractivity contribution < 1.29 is 24.1 Å². The first-order chi connectivity index (χ1) is 18.0. The van der Waals surface area contributed by atoms with Gasteiger partial charge in [0.1, 0.15) is 12.2 Å². The molecule has 4 rings (SSSR count). The first kappa shape index (κ1) is 26.5. The van der Waals surface area contributed by atoms with Crippen LogP contribution in [-0.4, -0.2) is 47.3 Å². The van der Waals surface area contributed by atoms with E-state index in [0.29, 0.717) is 22.9 Å². The van der Waals surface area contributed by atoms with E-state index in [-0.39, 0.29) is 17.5 Å².